The first-order valence-corrected chi connectivity index (χ1v) is 10.3. The number of carbonyl (C=O) groups excluding carboxylic acids is 1. The standard InChI is InChI=1S/C26H25N3O2/c1-18(19-7-3-2-4-8-19)15-28-16-20-11-13-24(23-10-6-5-9-22(20)23)31-25-14-12-21(17-29-25)26(27)30/h2-14,17-18,28H,15-16H2,1H3,(H2,27,30)/t18-/m0/s1. The molecule has 3 N–H and O–H groups in total. The predicted octanol–water partition coefficient (Wildman–Crippen LogP) is 5.02. The molecule has 1 atom stereocenters. The van der Waals surface area contributed by atoms with Crippen molar-refractivity contribution in [3.8, 4) is 11.6 Å². The van der Waals surface area contributed by atoms with E-state index in [0.29, 0.717) is 17.4 Å². The number of benzene rings is 3. The first-order chi connectivity index (χ1) is 15.1. The van der Waals surface area contributed by atoms with Crippen molar-refractivity contribution in [2.45, 2.75) is 19.4 Å². The minimum Gasteiger partial charge on any atom is -0.438 e. The van der Waals surface area contributed by atoms with Gasteiger partial charge in [-0.15, -0.1) is 0 Å². The maximum Gasteiger partial charge on any atom is 0.250 e. The number of fused-ring (bicyclic) bond motifs is 1. The monoisotopic (exact) mass is 411 g/mol. The number of aromatic nitrogens is 1. The van der Waals surface area contributed by atoms with Crippen LogP contribution in [0.5, 0.6) is 11.6 Å². The van der Waals surface area contributed by atoms with Crippen LogP contribution >= 0.6 is 0 Å². The maximum absolute atomic E-state index is 11.2. The number of ether oxygens (including phenoxy) is 1. The van der Waals surface area contributed by atoms with Crippen molar-refractivity contribution < 1.29 is 9.53 Å². The Bertz CT molecular complexity index is 1170. The summed E-state index contributed by atoms with van der Waals surface area (Å²) in [5, 5.41) is 5.73. The van der Waals surface area contributed by atoms with Crippen LogP contribution in [0.2, 0.25) is 0 Å². The van der Waals surface area contributed by atoms with Crippen LogP contribution in [0, 0.1) is 0 Å². The summed E-state index contributed by atoms with van der Waals surface area (Å²) in [5.74, 6) is 1.06. The van der Waals surface area contributed by atoms with Gasteiger partial charge in [-0.05, 0) is 34.6 Å². The van der Waals surface area contributed by atoms with Gasteiger partial charge in [0.15, 0.2) is 0 Å². The van der Waals surface area contributed by atoms with Gasteiger partial charge in [0.1, 0.15) is 5.75 Å². The summed E-state index contributed by atoms with van der Waals surface area (Å²) >= 11 is 0. The Labute approximate surface area is 181 Å². The molecule has 0 unspecified atom stereocenters. The molecule has 0 spiro atoms. The van der Waals surface area contributed by atoms with Gasteiger partial charge < -0.3 is 15.8 Å². The minimum atomic E-state index is -0.511. The predicted molar refractivity (Wildman–Crippen MR) is 123 cm³/mol. The summed E-state index contributed by atoms with van der Waals surface area (Å²) in [4.78, 5) is 15.4. The van der Waals surface area contributed by atoms with E-state index in [-0.39, 0.29) is 0 Å². The van der Waals surface area contributed by atoms with Crippen LogP contribution in [-0.4, -0.2) is 17.4 Å². The Morgan fingerprint density at radius 3 is 2.42 bits per heavy atom. The van der Waals surface area contributed by atoms with E-state index in [9.17, 15) is 4.79 Å². The molecule has 1 aromatic heterocycles. The Hall–Kier alpha value is -3.70. The first-order valence-electron chi connectivity index (χ1n) is 10.3. The van der Waals surface area contributed by atoms with E-state index in [1.54, 1.807) is 12.1 Å². The van der Waals surface area contributed by atoms with E-state index in [4.69, 9.17) is 10.5 Å². The maximum atomic E-state index is 11.2. The van der Waals surface area contributed by atoms with Crippen LogP contribution in [0.1, 0.15) is 34.3 Å². The third-order valence-electron chi connectivity index (χ3n) is 5.34. The van der Waals surface area contributed by atoms with E-state index in [1.165, 1.54) is 17.3 Å². The molecule has 5 nitrogen and oxygen atoms in total. The van der Waals surface area contributed by atoms with Crippen molar-refractivity contribution in [3.63, 3.8) is 0 Å². The van der Waals surface area contributed by atoms with E-state index in [2.05, 4.69) is 53.6 Å². The van der Waals surface area contributed by atoms with Crippen molar-refractivity contribution in [3.05, 3.63) is 102 Å². The van der Waals surface area contributed by atoms with Crippen LogP contribution in [0.3, 0.4) is 0 Å². The number of hydrogen-bond donors (Lipinski definition) is 2. The van der Waals surface area contributed by atoms with E-state index >= 15 is 0 Å². The lowest BCUT2D eigenvalue weighted by atomic mass is 10.0. The number of amides is 1. The van der Waals surface area contributed by atoms with Gasteiger partial charge in [-0.2, -0.15) is 0 Å². The lowest BCUT2D eigenvalue weighted by molar-refractivity contribution is 0.1000. The second kappa shape index (κ2) is 9.41. The summed E-state index contributed by atoms with van der Waals surface area (Å²) in [6.45, 7) is 3.89. The Balaban J connectivity index is 1.49. The summed E-state index contributed by atoms with van der Waals surface area (Å²) in [6.07, 6.45) is 1.42. The minimum absolute atomic E-state index is 0.350. The van der Waals surface area contributed by atoms with Gasteiger partial charge in [-0.25, -0.2) is 4.98 Å². The molecule has 156 valence electrons. The Morgan fingerprint density at radius 1 is 0.968 bits per heavy atom. The van der Waals surface area contributed by atoms with Crippen molar-refractivity contribution in [2.75, 3.05) is 6.54 Å². The normalized spacial score (nSPS) is 11.9. The number of hydrogen-bond acceptors (Lipinski definition) is 4. The largest absolute Gasteiger partial charge is 0.438 e. The number of nitrogens with one attached hydrogen (secondary N) is 1. The molecule has 0 radical (unpaired) electrons. The Morgan fingerprint density at radius 2 is 1.71 bits per heavy atom. The molecule has 0 aliphatic rings. The molecule has 1 amide bonds. The first kappa shape index (κ1) is 20.6. The second-order valence-corrected chi connectivity index (χ2v) is 7.56. The highest BCUT2D eigenvalue weighted by Crippen LogP contribution is 2.31. The van der Waals surface area contributed by atoms with Crippen LogP contribution in [0.25, 0.3) is 10.8 Å². The van der Waals surface area contributed by atoms with Gasteiger partial charge in [-0.1, -0.05) is 67.6 Å². The van der Waals surface area contributed by atoms with E-state index < -0.39 is 5.91 Å². The fourth-order valence-corrected chi connectivity index (χ4v) is 3.60. The molecule has 0 saturated heterocycles. The lowest BCUT2D eigenvalue weighted by Crippen LogP contribution is -2.19. The molecule has 0 aliphatic carbocycles. The molecule has 4 rings (SSSR count). The van der Waals surface area contributed by atoms with Gasteiger partial charge >= 0.3 is 0 Å². The number of carbonyl (C=O) groups is 1. The molecule has 31 heavy (non-hydrogen) atoms. The van der Waals surface area contributed by atoms with Crippen molar-refractivity contribution in [2.24, 2.45) is 5.73 Å². The van der Waals surface area contributed by atoms with E-state index in [0.717, 1.165) is 29.6 Å². The number of pyridine rings is 1. The molecule has 4 aromatic rings. The molecule has 0 fully saturated rings. The average Bonchev–Trinajstić information content (AvgIpc) is 2.81. The zero-order chi connectivity index (χ0) is 21.6. The fourth-order valence-electron chi connectivity index (χ4n) is 3.60. The van der Waals surface area contributed by atoms with Crippen LogP contribution in [-0.2, 0) is 6.54 Å². The van der Waals surface area contributed by atoms with Gasteiger partial charge in [0.25, 0.3) is 0 Å². The lowest BCUT2D eigenvalue weighted by Gasteiger charge is -2.15. The average molecular weight is 412 g/mol. The third kappa shape index (κ3) is 4.90. The highest BCUT2D eigenvalue weighted by Gasteiger charge is 2.10. The fraction of sp³-hybridized carbons (Fsp3) is 0.154. The summed E-state index contributed by atoms with van der Waals surface area (Å²) in [7, 11) is 0. The third-order valence-corrected chi connectivity index (χ3v) is 5.34. The van der Waals surface area contributed by atoms with Gasteiger partial charge in [0, 0.05) is 30.7 Å². The summed E-state index contributed by atoms with van der Waals surface area (Å²) < 4.78 is 6.00. The van der Waals surface area contributed by atoms with Gasteiger partial charge in [0.05, 0.1) is 5.56 Å². The zero-order valence-electron chi connectivity index (χ0n) is 17.4. The summed E-state index contributed by atoms with van der Waals surface area (Å²) in [5.41, 5.74) is 8.16. The van der Waals surface area contributed by atoms with Crippen LogP contribution in [0.15, 0.2) is 85.1 Å². The van der Waals surface area contributed by atoms with Crippen LogP contribution < -0.4 is 15.8 Å². The molecular weight excluding hydrogens is 386 g/mol. The molecule has 5 heteroatoms. The summed E-state index contributed by atoms with van der Waals surface area (Å²) in [6, 6.07) is 26.0. The molecular formula is C26H25N3O2. The quantitative estimate of drug-likeness (QED) is 0.427. The van der Waals surface area contributed by atoms with Gasteiger partial charge in [-0.3, -0.25) is 4.79 Å². The molecule has 0 saturated carbocycles. The molecule has 1 heterocycles. The zero-order valence-corrected chi connectivity index (χ0v) is 17.4. The van der Waals surface area contributed by atoms with Crippen molar-refractivity contribution in [1.29, 1.82) is 0 Å². The highest BCUT2D eigenvalue weighted by molar-refractivity contribution is 5.92. The van der Waals surface area contributed by atoms with Crippen molar-refractivity contribution >= 4 is 16.7 Å². The van der Waals surface area contributed by atoms with E-state index in [1.807, 2.05) is 30.3 Å². The number of nitrogens with zero attached hydrogens (tertiary/aromatic N) is 1. The highest BCUT2D eigenvalue weighted by atomic mass is 16.5. The molecule has 0 aliphatic heterocycles. The molecule has 0 bridgehead atoms. The second-order valence-electron chi connectivity index (χ2n) is 7.56. The number of primary amides is 1. The van der Waals surface area contributed by atoms with Gasteiger partial charge in [0.2, 0.25) is 11.8 Å². The number of rotatable bonds is 8. The smallest absolute Gasteiger partial charge is 0.250 e. The SMILES string of the molecule is C[C@@H](CNCc1ccc(Oc2ccc(C(N)=O)cn2)c2ccccc12)c1ccccc1. The molecule has 3 aromatic carbocycles. The number of nitrogens with two attached hydrogens (primary N) is 1. The topological polar surface area (TPSA) is 77.2 Å². The van der Waals surface area contributed by atoms with Crippen molar-refractivity contribution in [1.82, 2.24) is 10.3 Å². The van der Waals surface area contributed by atoms with Crippen LogP contribution in [0.4, 0.5) is 0 Å². The Kier molecular flexibility index (Phi) is 6.24.